The molecule has 0 radical (unpaired) electrons. The van der Waals surface area contributed by atoms with E-state index in [4.69, 9.17) is 11.6 Å². The maximum absolute atomic E-state index is 11.8. The van der Waals surface area contributed by atoms with Gasteiger partial charge in [-0.3, -0.25) is 15.2 Å². The van der Waals surface area contributed by atoms with Gasteiger partial charge >= 0.3 is 0 Å². The van der Waals surface area contributed by atoms with Crippen molar-refractivity contribution >= 4 is 23.5 Å². The molecule has 0 atom stereocenters. The smallest absolute Gasteiger partial charge is 0.288 e. The van der Waals surface area contributed by atoms with Gasteiger partial charge < -0.3 is 0 Å². The van der Waals surface area contributed by atoms with Gasteiger partial charge in [0.1, 0.15) is 11.0 Å². The molecule has 2 N–H and O–H groups in total. The van der Waals surface area contributed by atoms with Gasteiger partial charge in [-0.05, 0) is 12.5 Å². The van der Waals surface area contributed by atoms with Gasteiger partial charge in [-0.2, -0.15) is 0 Å². The first kappa shape index (κ1) is 12.4. The van der Waals surface area contributed by atoms with E-state index in [2.05, 4.69) is 30.5 Å². The number of aromatic amines is 1. The zero-order chi connectivity index (χ0) is 13.0. The molecule has 0 fully saturated rings. The van der Waals surface area contributed by atoms with Crippen LogP contribution in [0.3, 0.4) is 0 Å². The van der Waals surface area contributed by atoms with Crippen LogP contribution in [0.1, 0.15) is 29.8 Å². The zero-order valence-corrected chi connectivity index (χ0v) is 10.4. The van der Waals surface area contributed by atoms with Crippen molar-refractivity contribution in [3.05, 3.63) is 29.1 Å². The molecule has 2 aromatic rings. The van der Waals surface area contributed by atoms with Gasteiger partial charge in [0.25, 0.3) is 5.91 Å². The largest absolute Gasteiger partial charge is 0.297 e. The van der Waals surface area contributed by atoms with Crippen molar-refractivity contribution in [2.75, 3.05) is 5.32 Å². The maximum atomic E-state index is 11.8. The van der Waals surface area contributed by atoms with Crippen molar-refractivity contribution in [1.82, 2.24) is 25.1 Å². The molecule has 2 rings (SSSR count). The molecular weight excluding hydrogens is 256 g/mol. The predicted molar refractivity (Wildman–Crippen MR) is 65.4 cm³/mol. The summed E-state index contributed by atoms with van der Waals surface area (Å²) in [6.45, 7) is 2.02. The van der Waals surface area contributed by atoms with Crippen molar-refractivity contribution in [2.45, 2.75) is 19.8 Å². The monoisotopic (exact) mass is 266 g/mol. The van der Waals surface area contributed by atoms with E-state index in [1.807, 2.05) is 6.92 Å². The van der Waals surface area contributed by atoms with E-state index in [-0.39, 0.29) is 16.9 Å². The molecule has 94 valence electrons. The second-order valence-electron chi connectivity index (χ2n) is 3.51. The minimum absolute atomic E-state index is 0.0574. The number of amides is 1. The van der Waals surface area contributed by atoms with Crippen LogP contribution in [0, 0.1) is 0 Å². The lowest BCUT2D eigenvalue weighted by molar-refractivity contribution is 0.101. The number of halogens is 1. The van der Waals surface area contributed by atoms with Crippen molar-refractivity contribution < 1.29 is 4.79 Å². The molecule has 8 heteroatoms. The molecule has 0 unspecified atom stereocenters. The summed E-state index contributed by atoms with van der Waals surface area (Å²) in [6.07, 6.45) is 3.12. The number of nitrogens with zero attached hydrogens (tertiary/aromatic N) is 4. The highest BCUT2D eigenvalue weighted by Crippen LogP contribution is 2.06. The molecule has 0 bridgehead atoms. The number of hydrogen-bond donors (Lipinski definition) is 2. The fourth-order valence-corrected chi connectivity index (χ4v) is 1.44. The van der Waals surface area contributed by atoms with Gasteiger partial charge in [0, 0.05) is 12.6 Å². The van der Waals surface area contributed by atoms with E-state index in [0.717, 1.165) is 12.8 Å². The SMILES string of the molecule is CCCc1nc(C(=O)Nc2nccc(Cl)n2)n[nH]1. The van der Waals surface area contributed by atoms with Crippen molar-refractivity contribution in [3.63, 3.8) is 0 Å². The Bertz CT molecular complexity index is 555. The number of nitrogens with one attached hydrogen (secondary N) is 2. The zero-order valence-electron chi connectivity index (χ0n) is 9.64. The Kier molecular flexibility index (Phi) is 3.83. The van der Waals surface area contributed by atoms with Gasteiger partial charge in [0.2, 0.25) is 11.8 Å². The fraction of sp³-hybridized carbons (Fsp3) is 0.300. The lowest BCUT2D eigenvalue weighted by Crippen LogP contribution is -2.15. The van der Waals surface area contributed by atoms with Gasteiger partial charge in [0.15, 0.2) is 0 Å². The minimum Gasteiger partial charge on any atom is -0.288 e. The number of aromatic nitrogens is 5. The highest BCUT2D eigenvalue weighted by Gasteiger charge is 2.13. The first-order valence-corrected chi connectivity index (χ1v) is 5.78. The molecule has 1 amide bonds. The van der Waals surface area contributed by atoms with E-state index in [1.165, 1.54) is 12.3 Å². The fourth-order valence-electron chi connectivity index (χ4n) is 1.30. The van der Waals surface area contributed by atoms with Crippen LogP contribution in [0.5, 0.6) is 0 Å². The van der Waals surface area contributed by atoms with Gasteiger partial charge in [-0.25, -0.2) is 15.0 Å². The molecule has 2 heterocycles. The van der Waals surface area contributed by atoms with E-state index in [1.54, 1.807) is 0 Å². The average Bonchev–Trinajstić information content (AvgIpc) is 2.78. The molecule has 0 aliphatic rings. The van der Waals surface area contributed by atoms with Crippen LogP contribution in [0.25, 0.3) is 0 Å². The highest BCUT2D eigenvalue weighted by atomic mass is 35.5. The molecular formula is C10H11ClN6O. The Morgan fingerprint density at radius 2 is 2.33 bits per heavy atom. The summed E-state index contributed by atoms with van der Waals surface area (Å²) < 4.78 is 0. The Morgan fingerprint density at radius 1 is 1.50 bits per heavy atom. The van der Waals surface area contributed by atoms with Crippen LogP contribution in [0.15, 0.2) is 12.3 Å². The summed E-state index contributed by atoms with van der Waals surface area (Å²) in [5.74, 6) is 0.377. The van der Waals surface area contributed by atoms with Crippen molar-refractivity contribution in [1.29, 1.82) is 0 Å². The summed E-state index contributed by atoms with van der Waals surface area (Å²) in [6, 6.07) is 1.52. The van der Waals surface area contributed by atoms with Crippen molar-refractivity contribution in [2.24, 2.45) is 0 Å². The number of anilines is 1. The number of aryl methyl sites for hydroxylation is 1. The number of hydrogen-bond acceptors (Lipinski definition) is 5. The van der Waals surface area contributed by atoms with E-state index < -0.39 is 5.91 Å². The minimum atomic E-state index is -0.476. The third-order valence-corrected chi connectivity index (χ3v) is 2.28. The third-order valence-electron chi connectivity index (χ3n) is 2.07. The third kappa shape index (κ3) is 3.01. The Hall–Kier alpha value is -2.02. The van der Waals surface area contributed by atoms with Gasteiger partial charge in [0.05, 0.1) is 0 Å². The van der Waals surface area contributed by atoms with Crippen LogP contribution in [0.4, 0.5) is 5.95 Å². The Morgan fingerprint density at radius 3 is 3.06 bits per heavy atom. The van der Waals surface area contributed by atoms with Gasteiger partial charge in [-0.15, -0.1) is 5.10 Å². The molecule has 0 aliphatic heterocycles. The van der Waals surface area contributed by atoms with Crippen LogP contribution >= 0.6 is 11.6 Å². The molecule has 0 saturated carbocycles. The van der Waals surface area contributed by atoms with Crippen LogP contribution in [-0.2, 0) is 6.42 Å². The molecule has 7 nitrogen and oxygen atoms in total. The van der Waals surface area contributed by atoms with E-state index >= 15 is 0 Å². The molecule has 0 aliphatic carbocycles. The summed E-state index contributed by atoms with van der Waals surface area (Å²) in [5.41, 5.74) is 0. The molecule has 18 heavy (non-hydrogen) atoms. The predicted octanol–water partition coefficient (Wildman–Crippen LogP) is 1.45. The van der Waals surface area contributed by atoms with Crippen LogP contribution in [0.2, 0.25) is 5.15 Å². The molecule has 0 saturated heterocycles. The summed E-state index contributed by atoms with van der Waals surface area (Å²) in [7, 11) is 0. The maximum Gasteiger partial charge on any atom is 0.297 e. The van der Waals surface area contributed by atoms with Gasteiger partial charge in [-0.1, -0.05) is 18.5 Å². The second kappa shape index (κ2) is 5.54. The van der Waals surface area contributed by atoms with E-state index in [9.17, 15) is 4.79 Å². The summed E-state index contributed by atoms with van der Waals surface area (Å²) in [5, 5.41) is 9.23. The Balaban J connectivity index is 2.07. The number of carbonyl (C=O) groups is 1. The first-order chi connectivity index (χ1) is 8.69. The molecule has 2 aromatic heterocycles. The first-order valence-electron chi connectivity index (χ1n) is 5.40. The standard InChI is InChI=1S/C10H11ClN6O/c1-2-3-7-14-8(17-16-7)9(18)15-10-12-5-4-6(11)13-10/h4-5H,2-3H2,1H3,(H,14,16,17)(H,12,13,15,18). The topological polar surface area (TPSA) is 96.5 Å². The number of H-pyrrole nitrogens is 1. The van der Waals surface area contributed by atoms with Crippen molar-refractivity contribution in [3.8, 4) is 0 Å². The normalized spacial score (nSPS) is 10.3. The average molecular weight is 267 g/mol. The molecule has 0 aromatic carbocycles. The van der Waals surface area contributed by atoms with Crippen LogP contribution in [-0.4, -0.2) is 31.1 Å². The second-order valence-corrected chi connectivity index (χ2v) is 3.90. The quantitative estimate of drug-likeness (QED) is 0.817. The molecule has 0 spiro atoms. The van der Waals surface area contributed by atoms with E-state index in [0.29, 0.717) is 5.82 Å². The number of rotatable bonds is 4. The van der Waals surface area contributed by atoms with Crippen LogP contribution < -0.4 is 5.32 Å². The Labute approximate surface area is 108 Å². The lowest BCUT2D eigenvalue weighted by atomic mass is 10.3. The highest BCUT2D eigenvalue weighted by molar-refractivity contribution is 6.29. The number of carbonyl (C=O) groups excluding carboxylic acids is 1. The summed E-state index contributed by atoms with van der Waals surface area (Å²) >= 11 is 5.68. The lowest BCUT2D eigenvalue weighted by Gasteiger charge is -1.99. The summed E-state index contributed by atoms with van der Waals surface area (Å²) in [4.78, 5) is 23.5.